The minimum absolute atomic E-state index is 0.197. The fourth-order valence-electron chi connectivity index (χ4n) is 1.59. The monoisotopic (exact) mass is 240 g/mol. The lowest BCUT2D eigenvalue weighted by atomic mass is 10.1. The standard InChI is InChI=1S/C14H12N2O2/c1-16(13-7-2-3-8-15-13)14(18)12-6-4-5-11(9-12)10-17/h2-10H,1H3. The summed E-state index contributed by atoms with van der Waals surface area (Å²) in [6.07, 6.45) is 2.35. The van der Waals surface area contributed by atoms with Gasteiger partial charge in [-0.15, -0.1) is 0 Å². The predicted octanol–water partition coefficient (Wildman–Crippen LogP) is 2.17. The zero-order chi connectivity index (χ0) is 13.0. The fraction of sp³-hybridized carbons (Fsp3) is 0.0714. The second-order valence-corrected chi connectivity index (χ2v) is 3.80. The molecule has 0 aliphatic rings. The number of hydrogen-bond donors (Lipinski definition) is 0. The molecule has 4 nitrogen and oxygen atoms in total. The molecule has 0 saturated carbocycles. The number of nitrogens with zero attached hydrogens (tertiary/aromatic N) is 2. The predicted molar refractivity (Wildman–Crippen MR) is 68.8 cm³/mol. The highest BCUT2D eigenvalue weighted by molar-refractivity contribution is 6.05. The van der Waals surface area contributed by atoms with E-state index in [2.05, 4.69) is 4.98 Å². The number of anilines is 1. The Morgan fingerprint density at radius 1 is 1.22 bits per heavy atom. The van der Waals surface area contributed by atoms with Gasteiger partial charge in [-0.1, -0.05) is 18.2 Å². The molecule has 1 heterocycles. The molecule has 0 radical (unpaired) electrons. The van der Waals surface area contributed by atoms with Gasteiger partial charge in [0.2, 0.25) is 0 Å². The third kappa shape index (κ3) is 2.43. The van der Waals surface area contributed by atoms with Crippen molar-refractivity contribution >= 4 is 18.0 Å². The maximum atomic E-state index is 12.2. The minimum Gasteiger partial charge on any atom is -0.298 e. The van der Waals surface area contributed by atoms with Crippen LogP contribution in [0.1, 0.15) is 20.7 Å². The first-order chi connectivity index (χ1) is 8.72. The Labute approximate surface area is 105 Å². The molecule has 1 aromatic heterocycles. The molecule has 0 N–H and O–H groups in total. The third-order valence-electron chi connectivity index (χ3n) is 2.57. The normalized spacial score (nSPS) is 9.83. The number of carbonyl (C=O) groups excluding carboxylic acids is 2. The van der Waals surface area contributed by atoms with Crippen LogP contribution in [0.2, 0.25) is 0 Å². The Hall–Kier alpha value is -2.49. The van der Waals surface area contributed by atoms with Gasteiger partial charge in [0.25, 0.3) is 5.91 Å². The Morgan fingerprint density at radius 2 is 2.06 bits per heavy atom. The van der Waals surface area contributed by atoms with Crippen LogP contribution < -0.4 is 4.90 Å². The summed E-state index contributed by atoms with van der Waals surface area (Å²) in [5, 5.41) is 0. The minimum atomic E-state index is -0.197. The number of pyridine rings is 1. The molecule has 0 unspecified atom stereocenters. The molecule has 0 atom stereocenters. The van der Waals surface area contributed by atoms with Crippen LogP contribution in [-0.2, 0) is 0 Å². The Kier molecular flexibility index (Phi) is 3.48. The molecule has 0 fully saturated rings. The van der Waals surface area contributed by atoms with Crippen molar-refractivity contribution in [1.29, 1.82) is 0 Å². The molecular weight excluding hydrogens is 228 g/mol. The average molecular weight is 240 g/mol. The molecular formula is C14H12N2O2. The van der Waals surface area contributed by atoms with Gasteiger partial charge in [0.1, 0.15) is 12.1 Å². The van der Waals surface area contributed by atoms with Gasteiger partial charge in [-0.3, -0.25) is 14.5 Å². The number of aldehydes is 1. The summed E-state index contributed by atoms with van der Waals surface area (Å²) >= 11 is 0. The lowest BCUT2D eigenvalue weighted by Gasteiger charge is -2.16. The van der Waals surface area contributed by atoms with Gasteiger partial charge in [0.05, 0.1) is 0 Å². The van der Waals surface area contributed by atoms with E-state index in [-0.39, 0.29) is 5.91 Å². The van der Waals surface area contributed by atoms with E-state index in [0.29, 0.717) is 16.9 Å². The quantitative estimate of drug-likeness (QED) is 0.772. The number of rotatable bonds is 3. The summed E-state index contributed by atoms with van der Waals surface area (Å²) in [5.41, 5.74) is 0.947. The van der Waals surface area contributed by atoms with E-state index in [4.69, 9.17) is 0 Å². The fourth-order valence-corrected chi connectivity index (χ4v) is 1.59. The van der Waals surface area contributed by atoms with E-state index in [1.807, 2.05) is 6.07 Å². The maximum absolute atomic E-state index is 12.2. The SMILES string of the molecule is CN(C(=O)c1cccc(C=O)c1)c1ccccn1. The zero-order valence-electron chi connectivity index (χ0n) is 9.91. The van der Waals surface area contributed by atoms with Crippen LogP contribution in [0.25, 0.3) is 0 Å². The smallest absolute Gasteiger partial charge is 0.259 e. The van der Waals surface area contributed by atoms with Crippen molar-refractivity contribution in [3.05, 3.63) is 59.8 Å². The summed E-state index contributed by atoms with van der Waals surface area (Å²) < 4.78 is 0. The van der Waals surface area contributed by atoms with Crippen molar-refractivity contribution < 1.29 is 9.59 Å². The van der Waals surface area contributed by atoms with E-state index < -0.39 is 0 Å². The van der Waals surface area contributed by atoms with E-state index >= 15 is 0 Å². The number of hydrogen-bond acceptors (Lipinski definition) is 3. The van der Waals surface area contributed by atoms with Crippen LogP contribution in [0.15, 0.2) is 48.7 Å². The lowest BCUT2D eigenvalue weighted by molar-refractivity contribution is 0.0992. The van der Waals surface area contributed by atoms with Crippen molar-refractivity contribution in [2.75, 3.05) is 11.9 Å². The summed E-state index contributed by atoms with van der Waals surface area (Å²) in [6, 6.07) is 11.9. The van der Waals surface area contributed by atoms with Crippen LogP contribution in [0.4, 0.5) is 5.82 Å². The van der Waals surface area contributed by atoms with Gasteiger partial charge in [-0.25, -0.2) is 4.98 Å². The number of amides is 1. The van der Waals surface area contributed by atoms with Crippen LogP contribution in [0.3, 0.4) is 0 Å². The van der Waals surface area contributed by atoms with Crippen LogP contribution in [0, 0.1) is 0 Å². The topological polar surface area (TPSA) is 50.3 Å². The molecule has 90 valence electrons. The summed E-state index contributed by atoms with van der Waals surface area (Å²) in [7, 11) is 1.65. The molecule has 18 heavy (non-hydrogen) atoms. The molecule has 0 aliphatic carbocycles. The lowest BCUT2D eigenvalue weighted by Crippen LogP contribution is -2.27. The van der Waals surface area contributed by atoms with Gasteiger partial charge in [-0.2, -0.15) is 0 Å². The van der Waals surface area contributed by atoms with Crippen molar-refractivity contribution in [3.8, 4) is 0 Å². The maximum Gasteiger partial charge on any atom is 0.259 e. The third-order valence-corrected chi connectivity index (χ3v) is 2.57. The van der Waals surface area contributed by atoms with E-state index in [0.717, 1.165) is 6.29 Å². The second-order valence-electron chi connectivity index (χ2n) is 3.80. The van der Waals surface area contributed by atoms with Crippen LogP contribution in [0.5, 0.6) is 0 Å². The average Bonchev–Trinajstić information content (AvgIpc) is 2.46. The van der Waals surface area contributed by atoms with Gasteiger partial charge >= 0.3 is 0 Å². The van der Waals surface area contributed by atoms with Crippen LogP contribution >= 0.6 is 0 Å². The van der Waals surface area contributed by atoms with E-state index in [1.165, 1.54) is 4.90 Å². The van der Waals surface area contributed by atoms with Crippen molar-refractivity contribution in [2.45, 2.75) is 0 Å². The first-order valence-electron chi connectivity index (χ1n) is 5.46. The van der Waals surface area contributed by atoms with Gasteiger partial charge in [-0.05, 0) is 24.3 Å². The number of carbonyl (C=O) groups is 2. The molecule has 1 aromatic carbocycles. The second kappa shape index (κ2) is 5.23. The zero-order valence-corrected chi connectivity index (χ0v) is 9.91. The molecule has 1 amide bonds. The molecule has 0 saturated heterocycles. The highest BCUT2D eigenvalue weighted by Gasteiger charge is 2.14. The number of aromatic nitrogens is 1. The Bertz CT molecular complexity index is 567. The molecule has 0 aliphatic heterocycles. The highest BCUT2D eigenvalue weighted by atomic mass is 16.2. The molecule has 4 heteroatoms. The molecule has 0 bridgehead atoms. The summed E-state index contributed by atoms with van der Waals surface area (Å²) in [4.78, 5) is 28.4. The van der Waals surface area contributed by atoms with E-state index in [1.54, 1.807) is 49.6 Å². The van der Waals surface area contributed by atoms with Crippen LogP contribution in [-0.4, -0.2) is 24.2 Å². The first-order valence-corrected chi connectivity index (χ1v) is 5.46. The van der Waals surface area contributed by atoms with Gasteiger partial charge in [0.15, 0.2) is 0 Å². The number of benzene rings is 1. The summed E-state index contributed by atoms with van der Waals surface area (Å²) in [5.74, 6) is 0.372. The van der Waals surface area contributed by atoms with Crippen molar-refractivity contribution in [3.63, 3.8) is 0 Å². The Balaban J connectivity index is 2.28. The highest BCUT2D eigenvalue weighted by Crippen LogP contribution is 2.12. The van der Waals surface area contributed by atoms with Gasteiger partial charge in [0, 0.05) is 24.4 Å². The molecule has 2 aromatic rings. The van der Waals surface area contributed by atoms with Crippen molar-refractivity contribution in [2.24, 2.45) is 0 Å². The largest absolute Gasteiger partial charge is 0.298 e. The van der Waals surface area contributed by atoms with Crippen molar-refractivity contribution in [1.82, 2.24) is 4.98 Å². The molecule has 0 spiro atoms. The Morgan fingerprint density at radius 3 is 2.72 bits per heavy atom. The van der Waals surface area contributed by atoms with E-state index in [9.17, 15) is 9.59 Å². The molecule has 2 rings (SSSR count). The summed E-state index contributed by atoms with van der Waals surface area (Å²) in [6.45, 7) is 0. The first kappa shape index (κ1) is 12.0. The van der Waals surface area contributed by atoms with Gasteiger partial charge < -0.3 is 0 Å².